The highest BCUT2D eigenvalue weighted by atomic mass is 16.1. The van der Waals surface area contributed by atoms with Gasteiger partial charge in [-0.25, -0.2) is 4.98 Å². The fraction of sp³-hybridized carbons (Fsp3) is 0.333. The lowest BCUT2D eigenvalue weighted by Gasteiger charge is -2.32. The molecule has 6 heteroatoms. The summed E-state index contributed by atoms with van der Waals surface area (Å²) in [6.07, 6.45) is 5.59. The van der Waals surface area contributed by atoms with Crippen molar-refractivity contribution in [2.45, 2.75) is 39.2 Å². The number of Topliss-reactive ketones (excluding diaryl/α,β-unsaturated/α-hetero) is 1. The molecule has 2 aromatic carbocycles. The molecule has 1 fully saturated rings. The molecule has 4 aromatic rings. The number of hydrogen-bond acceptors (Lipinski definition) is 5. The van der Waals surface area contributed by atoms with Crippen LogP contribution >= 0.6 is 0 Å². The first-order valence-electron chi connectivity index (χ1n) is 11.7. The van der Waals surface area contributed by atoms with Gasteiger partial charge in [0.05, 0.1) is 5.69 Å². The Bertz CT molecular complexity index is 1240. The Hall–Kier alpha value is -3.38. The molecule has 3 heterocycles. The zero-order valence-electron chi connectivity index (χ0n) is 19.0. The zero-order chi connectivity index (χ0) is 22.6. The molecule has 168 valence electrons. The Morgan fingerprint density at radius 2 is 1.85 bits per heavy atom. The summed E-state index contributed by atoms with van der Waals surface area (Å²) in [5.74, 6) is 0.811. The summed E-state index contributed by atoms with van der Waals surface area (Å²) in [6.45, 7) is 5.36. The van der Waals surface area contributed by atoms with Crippen molar-refractivity contribution in [3.63, 3.8) is 0 Å². The van der Waals surface area contributed by atoms with Crippen LogP contribution in [0.3, 0.4) is 0 Å². The van der Waals surface area contributed by atoms with Crippen LogP contribution in [-0.4, -0.2) is 43.8 Å². The summed E-state index contributed by atoms with van der Waals surface area (Å²) in [6, 6.07) is 20.2. The number of aromatic nitrogens is 4. The number of likely N-dealkylation sites (tertiary alicyclic amines) is 1. The second-order valence-corrected chi connectivity index (χ2v) is 9.06. The number of nitrogens with zero attached hydrogens (tertiary/aromatic N) is 5. The lowest BCUT2D eigenvalue weighted by molar-refractivity contribution is 0.0961. The lowest BCUT2D eigenvalue weighted by atomic mass is 9.90. The molecule has 0 spiro atoms. The first kappa shape index (κ1) is 21.5. The molecular weight excluding hydrogens is 410 g/mol. The largest absolute Gasteiger partial charge is 0.299 e. The monoisotopic (exact) mass is 439 g/mol. The van der Waals surface area contributed by atoms with Gasteiger partial charge in [0.25, 0.3) is 0 Å². The number of piperidine rings is 1. The van der Waals surface area contributed by atoms with E-state index in [2.05, 4.69) is 51.4 Å². The van der Waals surface area contributed by atoms with E-state index in [-0.39, 0.29) is 5.78 Å². The van der Waals surface area contributed by atoms with E-state index in [1.54, 1.807) is 10.9 Å². The second-order valence-electron chi connectivity index (χ2n) is 9.06. The summed E-state index contributed by atoms with van der Waals surface area (Å²) in [5, 5.41) is 8.38. The van der Waals surface area contributed by atoms with Gasteiger partial charge in [-0.2, -0.15) is 4.68 Å². The molecular formula is C27H29N5O. The Morgan fingerprint density at radius 1 is 1.03 bits per heavy atom. The van der Waals surface area contributed by atoms with Crippen molar-refractivity contribution in [3.05, 3.63) is 83.6 Å². The summed E-state index contributed by atoms with van der Waals surface area (Å²) >= 11 is 0. The number of ketones is 1. The Balaban J connectivity index is 1.15. The van der Waals surface area contributed by atoms with Gasteiger partial charge in [-0.15, -0.1) is 5.10 Å². The molecule has 0 bridgehead atoms. The first-order chi connectivity index (χ1) is 16.2. The molecule has 1 aliphatic rings. The van der Waals surface area contributed by atoms with Crippen molar-refractivity contribution in [1.82, 2.24) is 24.9 Å². The van der Waals surface area contributed by atoms with Gasteiger partial charge in [-0.05, 0) is 75.0 Å². The number of pyridine rings is 1. The highest BCUT2D eigenvalue weighted by Gasteiger charge is 2.20. The minimum absolute atomic E-state index is 0.191. The highest BCUT2D eigenvalue weighted by Crippen LogP contribution is 2.24. The van der Waals surface area contributed by atoms with Crippen molar-refractivity contribution in [2.75, 3.05) is 13.1 Å². The molecule has 0 unspecified atom stereocenters. The molecule has 0 atom stereocenters. The topological polar surface area (TPSA) is 63.9 Å². The maximum atomic E-state index is 12.9. The van der Waals surface area contributed by atoms with E-state index in [4.69, 9.17) is 0 Å². The normalized spacial score (nSPS) is 15.2. The van der Waals surface area contributed by atoms with E-state index in [1.165, 1.54) is 11.1 Å². The van der Waals surface area contributed by atoms with Crippen LogP contribution < -0.4 is 0 Å². The fourth-order valence-corrected chi connectivity index (χ4v) is 4.61. The van der Waals surface area contributed by atoms with E-state index < -0.39 is 0 Å². The lowest BCUT2D eigenvalue weighted by Crippen LogP contribution is -2.33. The first-order valence-corrected chi connectivity index (χ1v) is 11.7. The van der Waals surface area contributed by atoms with Gasteiger partial charge >= 0.3 is 0 Å². The number of carbonyl (C=O) groups is 1. The Labute approximate surface area is 194 Å². The predicted octanol–water partition coefficient (Wildman–Crippen LogP) is 5.00. The van der Waals surface area contributed by atoms with Crippen LogP contribution in [0.15, 0.2) is 66.9 Å². The summed E-state index contributed by atoms with van der Waals surface area (Å²) < 4.78 is 1.69. The second kappa shape index (κ2) is 9.63. The van der Waals surface area contributed by atoms with Crippen molar-refractivity contribution >= 4 is 16.9 Å². The maximum Gasteiger partial charge on any atom is 0.183 e. The number of carbonyl (C=O) groups excluding carboxylic acids is 1. The van der Waals surface area contributed by atoms with Gasteiger partial charge in [0.15, 0.2) is 11.4 Å². The number of hydrogen-bond donors (Lipinski definition) is 0. The molecule has 0 N–H and O–H groups in total. The molecule has 6 nitrogen and oxygen atoms in total. The number of rotatable bonds is 7. The fourth-order valence-electron chi connectivity index (χ4n) is 4.61. The molecule has 33 heavy (non-hydrogen) atoms. The van der Waals surface area contributed by atoms with Gasteiger partial charge in [-0.1, -0.05) is 47.2 Å². The molecule has 5 rings (SSSR count). The van der Waals surface area contributed by atoms with Crippen LogP contribution in [-0.2, 0) is 6.54 Å². The third-order valence-corrected chi connectivity index (χ3v) is 6.63. The van der Waals surface area contributed by atoms with Crippen molar-refractivity contribution in [3.8, 4) is 5.69 Å². The minimum atomic E-state index is 0.191. The van der Waals surface area contributed by atoms with E-state index in [0.717, 1.165) is 55.7 Å². The number of aryl methyl sites for hydroxylation is 1. The summed E-state index contributed by atoms with van der Waals surface area (Å²) in [7, 11) is 0. The van der Waals surface area contributed by atoms with Crippen molar-refractivity contribution in [2.24, 2.45) is 5.92 Å². The van der Waals surface area contributed by atoms with Crippen LogP contribution in [0.2, 0.25) is 0 Å². The molecule has 1 aliphatic heterocycles. The van der Waals surface area contributed by atoms with E-state index in [0.29, 0.717) is 18.0 Å². The SMILES string of the molecule is Cc1ccc(CN2CCC(CCC(=O)c3cccc(-n4nnc5cccnc54)c3)CC2)cc1. The van der Waals surface area contributed by atoms with Crippen LogP contribution in [0.5, 0.6) is 0 Å². The highest BCUT2D eigenvalue weighted by molar-refractivity contribution is 5.96. The van der Waals surface area contributed by atoms with Crippen LogP contribution in [0.4, 0.5) is 0 Å². The maximum absolute atomic E-state index is 12.9. The third kappa shape index (κ3) is 5.01. The average Bonchev–Trinajstić information content (AvgIpc) is 3.29. The van der Waals surface area contributed by atoms with Crippen LogP contribution in [0.25, 0.3) is 16.9 Å². The van der Waals surface area contributed by atoms with Crippen molar-refractivity contribution < 1.29 is 4.79 Å². The van der Waals surface area contributed by atoms with Gasteiger partial charge < -0.3 is 0 Å². The van der Waals surface area contributed by atoms with Crippen LogP contribution in [0, 0.1) is 12.8 Å². The molecule has 0 aliphatic carbocycles. The number of fused-ring (bicyclic) bond motifs is 1. The molecule has 1 saturated heterocycles. The van der Waals surface area contributed by atoms with Gasteiger partial charge in [0, 0.05) is 24.7 Å². The van der Waals surface area contributed by atoms with Gasteiger partial charge in [0.1, 0.15) is 5.52 Å². The van der Waals surface area contributed by atoms with Crippen molar-refractivity contribution in [1.29, 1.82) is 0 Å². The standard InChI is InChI=1S/C27H29N5O/c1-20-7-9-22(10-8-20)19-31-16-13-21(14-17-31)11-12-26(33)23-4-2-5-24(18-23)32-27-25(29-30-32)6-3-15-28-27/h2-10,15,18,21H,11-14,16-17,19H2,1H3. The smallest absolute Gasteiger partial charge is 0.183 e. The summed E-state index contributed by atoms with van der Waals surface area (Å²) in [5.41, 5.74) is 5.65. The van der Waals surface area contributed by atoms with Crippen LogP contribution in [0.1, 0.15) is 47.2 Å². The Kier molecular flexibility index (Phi) is 6.26. The van der Waals surface area contributed by atoms with E-state index >= 15 is 0 Å². The molecule has 0 saturated carbocycles. The number of benzene rings is 2. The van der Waals surface area contributed by atoms with E-state index in [9.17, 15) is 4.79 Å². The zero-order valence-corrected chi connectivity index (χ0v) is 19.0. The van der Waals surface area contributed by atoms with Gasteiger partial charge in [0.2, 0.25) is 0 Å². The van der Waals surface area contributed by atoms with E-state index in [1.807, 2.05) is 36.4 Å². The average molecular weight is 440 g/mol. The predicted molar refractivity (Wildman–Crippen MR) is 129 cm³/mol. The minimum Gasteiger partial charge on any atom is -0.299 e. The molecule has 0 radical (unpaired) electrons. The third-order valence-electron chi connectivity index (χ3n) is 6.63. The summed E-state index contributed by atoms with van der Waals surface area (Å²) in [4.78, 5) is 19.8. The molecule has 0 amide bonds. The Morgan fingerprint density at radius 3 is 2.67 bits per heavy atom. The van der Waals surface area contributed by atoms with Gasteiger partial charge in [-0.3, -0.25) is 9.69 Å². The quantitative estimate of drug-likeness (QED) is 0.379. The molecule has 2 aromatic heterocycles.